The fraction of sp³-hybridized carbons (Fsp3) is 0.125. The molecule has 0 atom stereocenters. The number of nitrogens with one attached hydrogen (secondary N) is 1. The van der Waals surface area contributed by atoms with Gasteiger partial charge in [-0.1, -0.05) is 6.07 Å². The first-order chi connectivity index (χ1) is 11.2. The topological polar surface area (TPSA) is 46.5 Å². The summed E-state index contributed by atoms with van der Waals surface area (Å²) in [7, 11) is 1.64. The third kappa shape index (κ3) is 3.80. The number of anilines is 1. The molecule has 1 N–H and O–H groups in total. The normalized spacial score (nSPS) is 11.1. The average molecular weight is 408 g/mol. The van der Waals surface area contributed by atoms with Gasteiger partial charge >= 0.3 is 0 Å². The van der Waals surface area contributed by atoms with Gasteiger partial charge in [0.15, 0.2) is 0 Å². The molecule has 2 aromatic heterocycles. The van der Waals surface area contributed by atoms with Crippen molar-refractivity contribution in [2.75, 3.05) is 12.5 Å². The summed E-state index contributed by atoms with van der Waals surface area (Å²) >= 11 is 6.75. The molecule has 0 aliphatic carbocycles. The lowest BCUT2D eigenvalue weighted by molar-refractivity contribution is 0.412. The SMILES string of the molecule is COc1ccc(/C=N\Nc2nc(-c3cccs3)c(C)s2)cc1Br. The fourth-order valence-electron chi connectivity index (χ4n) is 2.01. The molecule has 0 spiro atoms. The number of benzene rings is 1. The van der Waals surface area contributed by atoms with Crippen molar-refractivity contribution in [1.29, 1.82) is 0 Å². The highest BCUT2D eigenvalue weighted by Crippen LogP contribution is 2.32. The smallest absolute Gasteiger partial charge is 0.204 e. The molecule has 7 heteroatoms. The highest BCUT2D eigenvalue weighted by molar-refractivity contribution is 9.10. The molecule has 0 aliphatic rings. The molecule has 118 valence electrons. The molecule has 0 bridgehead atoms. The summed E-state index contributed by atoms with van der Waals surface area (Å²) in [6.45, 7) is 2.07. The maximum atomic E-state index is 5.21. The van der Waals surface area contributed by atoms with Gasteiger partial charge in [-0.05, 0) is 58.1 Å². The first-order valence-electron chi connectivity index (χ1n) is 6.81. The van der Waals surface area contributed by atoms with Crippen LogP contribution < -0.4 is 10.2 Å². The number of hydrogen-bond acceptors (Lipinski definition) is 6. The number of hydrazone groups is 1. The Labute approximate surface area is 151 Å². The van der Waals surface area contributed by atoms with Gasteiger partial charge in [0.25, 0.3) is 0 Å². The number of aromatic nitrogens is 1. The number of thiazole rings is 1. The van der Waals surface area contributed by atoms with Crippen LogP contribution in [0.15, 0.2) is 45.3 Å². The van der Waals surface area contributed by atoms with Crippen LogP contribution in [0.1, 0.15) is 10.4 Å². The first-order valence-corrected chi connectivity index (χ1v) is 9.30. The summed E-state index contributed by atoms with van der Waals surface area (Å²) in [5, 5.41) is 7.10. The Balaban J connectivity index is 1.71. The van der Waals surface area contributed by atoms with Crippen LogP contribution in [0.4, 0.5) is 5.13 Å². The van der Waals surface area contributed by atoms with E-state index in [0.29, 0.717) is 0 Å². The largest absolute Gasteiger partial charge is 0.496 e. The minimum Gasteiger partial charge on any atom is -0.496 e. The quantitative estimate of drug-likeness (QED) is 0.454. The van der Waals surface area contributed by atoms with Crippen LogP contribution in [0.5, 0.6) is 5.75 Å². The van der Waals surface area contributed by atoms with Crippen molar-refractivity contribution in [3.63, 3.8) is 0 Å². The molecular weight excluding hydrogens is 394 g/mol. The molecule has 3 aromatic rings. The van der Waals surface area contributed by atoms with Crippen molar-refractivity contribution >= 4 is 49.9 Å². The van der Waals surface area contributed by atoms with Gasteiger partial charge in [0.05, 0.1) is 28.4 Å². The van der Waals surface area contributed by atoms with Gasteiger partial charge in [-0.3, -0.25) is 5.43 Å². The van der Waals surface area contributed by atoms with Gasteiger partial charge in [-0.15, -0.1) is 22.7 Å². The van der Waals surface area contributed by atoms with Gasteiger partial charge in [0.1, 0.15) is 5.75 Å². The Morgan fingerprint density at radius 1 is 1.35 bits per heavy atom. The van der Waals surface area contributed by atoms with E-state index in [1.807, 2.05) is 24.3 Å². The predicted molar refractivity (Wildman–Crippen MR) is 102 cm³/mol. The van der Waals surface area contributed by atoms with Crippen LogP contribution in [-0.2, 0) is 0 Å². The van der Waals surface area contributed by atoms with Crippen molar-refractivity contribution in [1.82, 2.24) is 4.98 Å². The van der Waals surface area contributed by atoms with E-state index in [0.717, 1.165) is 26.6 Å². The van der Waals surface area contributed by atoms with Crippen molar-refractivity contribution in [2.24, 2.45) is 5.10 Å². The molecule has 1 aromatic carbocycles. The van der Waals surface area contributed by atoms with Crippen LogP contribution >= 0.6 is 38.6 Å². The second kappa shape index (κ2) is 7.25. The lowest BCUT2D eigenvalue weighted by atomic mass is 10.2. The van der Waals surface area contributed by atoms with Crippen LogP contribution in [0.2, 0.25) is 0 Å². The number of rotatable bonds is 5. The van der Waals surface area contributed by atoms with Gasteiger partial charge in [0.2, 0.25) is 5.13 Å². The first kappa shape index (κ1) is 16.2. The van der Waals surface area contributed by atoms with Gasteiger partial charge in [-0.25, -0.2) is 4.98 Å². The van der Waals surface area contributed by atoms with Crippen molar-refractivity contribution in [3.8, 4) is 16.3 Å². The van der Waals surface area contributed by atoms with Gasteiger partial charge in [-0.2, -0.15) is 5.10 Å². The minimum atomic E-state index is 0.787. The summed E-state index contributed by atoms with van der Waals surface area (Å²) in [5.41, 5.74) is 4.99. The van der Waals surface area contributed by atoms with E-state index >= 15 is 0 Å². The predicted octanol–water partition coefficient (Wildman–Crippen LogP) is 5.40. The number of ether oxygens (including phenoxy) is 1. The third-order valence-electron chi connectivity index (χ3n) is 3.10. The Morgan fingerprint density at radius 3 is 2.91 bits per heavy atom. The Bertz CT molecular complexity index is 828. The molecule has 0 amide bonds. The summed E-state index contributed by atoms with van der Waals surface area (Å²) in [6, 6.07) is 9.90. The molecule has 0 saturated heterocycles. The lowest BCUT2D eigenvalue weighted by Gasteiger charge is -2.02. The molecule has 3 rings (SSSR count). The molecule has 2 heterocycles. The number of hydrogen-bond donors (Lipinski definition) is 1. The monoisotopic (exact) mass is 407 g/mol. The number of nitrogens with zero attached hydrogens (tertiary/aromatic N) is 2. The van der Waals surface area contributed by atoms with E-state index in [1.165, 1.54) is 9.75 Å². The molecule has 0 aliphatic heterocycles. The van der Waals surface area contributed by atoms with Crippen molar-refractivity contribution in [2.45, 2.75) is 6.92 Å². The molecule has 0 unspecified atom stereocenters. The zero-order valence-corrected chi connectivity index (χ0v) is 15.8. The lowest BCUT2D eigenvalue weighted by Crippen LogP contribution is -1.91. The second-order valence-electron chi connectivity index (χ2n) is 4.67. The highest BCUT2D eigenvalue weighted by Gasteiger charge is 2.09. The van der Waals surface area contributed by atoms with E-state index in [-0.39, 0.29) is 0 Å². The molecule has 4 nitrogen and oxygen atoms in total. The Kier molecular flexibility index (Phi) is 5.09. The number of halogens is 1. The zero-order valence-electron chi connectivity index (χ0n) is 12.5. The third-order valence-corrected chi connectivity index (χ3v) is 5.47. The number of methoxy groups -OCH3 is 1. The average Bonchev–Trinajstić information content (AvgIpc) is 3.17. The summed E-state index contributed by atoms with van der Waals surface area (Å²) in [6.07, 6.45) is 1.76. The zero-order chi connectivity index (χ0) is 16.2. The maximum Gasteiger partial charge on any atom is 0.204 e. The van der Waals surface area contributed by atoms with E-state index in [9.17, 15) is 0 Å². The highest BCUT2D eigenvalue weighted by atomic mass is 79.9. The minimum absolute atomic E-state index is 0.787. The second-order valence-corrected chi connectivity index (χ2v) is 7.67. The van der Waals surface area contributed by atoms with E-state index in [4.69, 9.17) is 4.74 Å². The van der Waals surface area contributed by atoms with Crippen LogP contribution in [0.3, 0.4) is 0 Å². The maximum absolute atomic E-state index is 5.21. The Hall–Kier alpha value is -1.70. The van der Waals surface area contributed by atoms with Crippen molar-refractivity contribution < 1.29 is 4.74 Å². The summed E-state index contributed by atoms with van der Waals surface area (Å²) in [4.78, 5) is 6.96. The molecule has 0 radical (unpaired) electrons. The summed E-state index contributed by atoms with van der Waals surface area (Å²) < 4.78 is 6.11. The van der Waals surface area contributed by atoms with Crippen LogP contribution in [0.25, 0.3) is 10.6 Å². The van der Waals surface area contributed by atoms with E-state index in [1.54, 1.807) is 36.0 Å². The Morgan fingerprint density at radius 2 is 2.22 bits per heavy atom. The molecule has 0 fully saturated rings. The standard InChI is InChI=1S/C16H14BrN3OS2/c1-10-15(14-4-3-7-22-14)19-16(23-10)20-18-9-11-5-6-13(21-2)12(17)8-11/h3-9H,1-2H3,(H,19,20)/b18-9-. The molecular formula is C16H14BrN3OS2. The van der Waals surface area contributed by atoms with E-state index < -0.39 is 0 Å². The summed E-state index contributed by atoms with van der Waals surface area (Å²) in [5.74, 6) is 0.797. The van der Waals surface area contributed by atoms with E-state index in [2.05, 4.69) is 49.8 Å². The van der Waals surface area contributed by atoms with Crippen molar-refractivity contribution in [3.05, 3.63) is 50.6 Å². The van der Waals surface area contributed by atoms with Gasteiger partial charge < -0.3 is 4.74 Å². The number of thiophene rings is 1. The molecule has 0 saturated carbocycles. The van der Waals surface area contributed by atoms with Gasteiger partial charge in [0, 0.05) is 4.88 Å². The van der Waals surface area contributed by atoms with Crippen LogP contribution in [0, 0.1) is 6.92 Å². The van der Waals surface area contributed by atoms with Crippen LogP contribution in [-0.4, -0.2) is 18.3 Å². The fourth-order valence-corrected chi connectivity index (χ4v) is 4.18. The molecule has 23 heavy (non-hydrogen) atoms. The number of aryl methyl sites for hydroxylation is 1.